The van der Waals surface area contributed by atoms with Crippen LogP contribution < -0.4 is 5.73 Å². The van der Waals surface area contributed by atoms with Crippen molar-refractivity contribution < 1.29 is 14.7 Å². The molecule has 1 aromatic carbocycles. The van der Waals surface area contributed by atoms with E-state index >= 15 is 0 Å². The summed E-state index contributed by atoms with van der Waals surface area (Å²) < 4.78 is 0. The molecule has 0 aromatic heterocycles. The van der Waals surface area contributed by atoms with E-state index < -0.39 is 5.97 Å². The number of carbonyl (C=O) groups excluding carboxylic acids is 1. The number of nitrogens with zero attached hydrogens (tertiary/aromatic N) is 1. The fraction of sp³-hybridized carbons (Fsp3) is 0.385. The van der Waals surface area contributed by atoms with Gasteiger partial charge in [0, 0.05) is 23.6 Å². The number of anilines is 1. The van der Waals surface area contributed by atoms with Crippen LogP contribution in [0.4, 0.5) is 5.69 Å². The number of rotatable bonds is 3. The fourth-order valence-electron chi connectivity index (χ4n) is 2.12. The van der Waals surface area contributed by atoms with Gasteiger partial charge in [0.15, 0.2) is 0 Å². The first-order valence-corrected chi connectivity index (χ1v) is 7.68. The number of hydrogen-bond acceptors (Lipinski definition) is 4. The molecule has 1 aliphatic rings. The Balaban J connectivity index is 2.20. The molecule has 1 amide bonds. The standard InChI is InChI=1S/C13H15ClN2O3S/c14-10-5-8(1-2-11(10)15)13(19)16-3-4-20-7-9(16)6-12(17)18/h1-2,5,9H,3-4,6-7,15H2,(H,17,18). The quantitative estimate of drug-likeness (QED) is 0.833. The van der Waals surface area contributed by atoms with Gasteiger partial charge in [0.25, 0.3) is 5.91 Å². The molecule has 20 heavy (non-hydrogen) atoms. The van der Waals surface area contributed by atoms with Crippen LogP contribution in [0.15, 0.2) is 18.2 Å². The molecule has 1 aliphatic heterocycles. The molecule has 1 fully saturated rings. The van der Waals surface area contributed by atoms with Crippen molar-refractivity contribution >= 4 is 40.9 Å². The highest BCUT2D eigenvalue weighted by molar-refractivity contribution is 7.99. The summed E-state index contributed by atoms with van der Waals surface area (Å²) in [7, 11) is 0. The molecule has 0 bridgehead atoms. The summed E-state index contributed by atoms with van der Waals surface area (Å²) >= 11 is 7.59. The Bertz CT molecular complexity index is 538. The van der Waals surface area contributed by atoms with E-state index in [-0.39, 0.29) is 18.4 Å². The van der Waals surface area contributed by atoms with Gasteiger partial charge in [-0.05, 0) is 18.2 Å². The van der Waals surface area contributed by atoms with Crippen LogP contribution in [0.1, 0.15) is 16.8 Å². The number of carboxylic acid groups (broad SMARTS) is 1. The molecule has 1 unspecified atom stereocenters. The first kappa shape index (κ1) is 15.0. The summed E-state index contributed by atoms with van der Waals surface area (Å²) in [5.74, 6) is 0.356. The highest BCUT2D eigenvalue weighted by Crippen LogP contribution is 2.24. The van der Waals surface area contributed by atoms with Crippen LogP contribution in [0.3, 0.4) is 0 Å². The summed E-state index contributed by atoms with van der Waals surface area (Å²) in [5.41, 5.74) is 6.48. The monoisotopic (exact) mass is 314 g/mol. The predicted molar refractivity (Wildman–Crippen MR) is 80.3 cm³/mol. The molecular weight excluding hydrogens is 300 g/mol. The van der Waals surface area contributed by atoms with E-state index in [0.717, 1.165) is 5.75 Å². The molecule has 1 aromatic rings. The zero-order valence-corrected chi connectivity index (χ0v) is 12.3. The zero-order chi connectivity index (χ0) is 14.7. The third kappa shape index (κ3) is 3.37. The zero-order valence-electron chi connectivity index (χ0n) is 10.7. The van der Waals surface area contributed by atoms with Crippen molar-refractivity contribution in [3.05, 3.63) is 28.8 Å². The highest BCUT2D eigenvalue weighted by Gasteiger charge is 2.29. The summed E-state index contributed by atoms with van der Waals surface area (Å²) in [6.07, 6.45) is -0.0402. The Labute approximate surface area is 126 Å². The molecule has 0 spiro atoms. The van der Waals surface area contributed by atoms with Crippen LogP contribution in [-0.2, 0) is 4.79 Å². The van der Waals surface area contributed by atoms with Crippen molar-refractivity contribution in [3.63, 3.8) is 0 Å². The molecular formula is C13H15ClN2O3S. The molecule has 5 nitrogen and oxygen atoms in total. The maximum Gasteiger partial charge on any atom is 0.305 e. The lowest BCUT2D eigenvalue weighted by Gasteiger charge is -2.34. The van der Waals surface area contributed by atoms with Crippen molar-refractivity contribution in [2.24, 2.45) is 0 Å². The third-order valence-electron chi connectivity index (χ3n) is 3.15. The number of halogens is 1. The topological polar surface area (TPSA) is 83.6 Å². The van der Waals surface area contributed by atoms with Gasteiger partial charge in [-0.3, -0.25) is 9.59 Å². The van der Waals surface area contributed by atoms with Gasteiger partial charge in [-0.2, -0.15) is 11.8 Å². The number of aliphatic carboxylic acids is 1. The van der Waals surface area contributed by atoms with Gasteiger partial charge in [0.1, 0.15) is 0 Å². The van der Waals surface area contributed by atoms with E-state index in [1.165, 1.54) is 6.07 Å². The predicted octanol–water partition coefficient (Wildman–Crippen LogP) is 1.95. The number of nitrogens with two attached hydrogens (primary N) is 1. The van der Waals surface area contributed by atoms with Gasteiger partial charge in [0.05, 0.1) is 23.2 Å². The lowest BCUT2D eigenvalue weighted by molar-refractivity contribution is -0.138. The van der Waals surface area contributed by atoms with Gasteiger partial charge in [0.2, 0.25) is 0 Å². The van der Waals surface area contributed by atoms with Gasteiger partial charge >= 0.3 is 5.97 Å². The smallest absolute Gasteiger partial charge is 0.305 e. The van der Waals surface area contributed by atoms with E-state index in [1.807, 2.05) is 0 Å². The minimum atomic E-state index is -0.898. The van der Waals surface area contributed by atoms with Crippen LogP contribution in [0.5, 0.6) is 0 Å². The number of thioether (sulfide) groups is 1. The summed E-state index contributed by atoms with van der Waals surface area (Å²) in [5, 5.41) is 9.26. The fourth-order valence-corrected chi connectivity index (χ4v) is 3.36. The molecule has 3 N–H and O–H groups in total. The molecule has 7 heteroatoms. The lowest BCUT2D eigenvalue weighted by atomic mass is 10.1. The molecule has 1 atom stereocenters. The largest absolute Gasteiger partial charge is 0.481 e. The molecule has 0 radical (unpaired) electrons. The Morgan fingerprint density at radius 2 is 2.25 bits per heavy atom. The second-order valence-corrected chi connectivity index (χ2v) is 6.12. The van der Waals surface area contributed by atoms with E-state index in [9.17, 15) is 9.59 Å². The van der Waals surface area contributed by atoms with Gasteiger partial charge in [-0.1, -0.05) is 11.6 Å². The Morgan fingerprint density at radius 1 is 1.50 bits per heavy atom. The maximum atomic E-state index is 12.5. The van der Waals surface area contributed by atoms with Gasteiger partial charge in [-0.25, -0.2) is 0 Å². The molecule has 1 saturated heterocycles. The van der Waals surface area contributed by atoms with E-state index in [0.29, 0.717) is 28.6 Å². The van der Waals surface area contributed by atoms with E-state index in [4.69, 9.17) is 22.4 Å². The average Bonchev–Trinajstić information content (AvgIpc) is 2.41. The van der Waals surface area contributed by atoms with Crippen molar-refractivity contribution in [1.82, 2.24) is 4.90 Å². The van der Waals surface area contributed by atoms with Crippen LogP contribution in [-0.4, -0.2) is 46.0 Å². The molecule has 2 rings (SSSR count). The Hall–Kier alpha value is -1.40. The number of benzene rings is 1. The van der Waals surface area contributed by atoms with Gasteiger partial charge < -0.3 is 15.7 Å². The van der Waals surface area contributed by atoms with Crippen LogP contribution >= 0.6 is 23.4 Å². The maximum absolute atomic E-state index is 12.5. The van der Waals surface area contributed by atoms with E-state index in [2.05, 4.69) is 0 Å². The minimum absolute atomic E-state index is 0.0402. The van der Waals surface area contributed by atoms with Crippen LogP contribution in [0.2, 0.25) is 5.02 Å². The number of amides is 1. The van der Waals surface area contributed by atoms with E-state index in [1.54, 1.807) is 28.8 Å². The average molecular weight is 315 g/mol. The minimum Gasteiger partial charge on any atom is -0.481 e. The Kier molecular flexibility index (Phi) is 4.77. The lowest BCUT2D eigenvalue weighted by Crippen LogP contribution is -2.47. The first-order chi connectivity index (χ1) is 9.49. The molecule has 1 heterocycles. The van der Waals surface area contributed by atoms with Crippen molar-refractivity contribution in [2.75, 3.05) is 23.8 Å². The number of hydrogen-bond donors (Lipinski definition) is 2. The number of carbonyl (C=O) groups is 2. The number of carboxylic acids is 1. The van der Waals surface area contributed by atoms with Crippen molar-refractivity contribution in [3.8, 4) is 0 Å². The Morgan fingerprint density at radius 3 is 2.90 bits per heavy atom. The van der Waals surface area contributed by atoms with Crippen molar-refractivity contribution in [1.29, 1.82) is 0 Å². The second kappa shape index (κ2) is 6.37. The highest BCUT2D eigenvalue weighted by atomic mass is 35.5. The number of nitrogen functional groups attached to an aromatic ring is 1. The summed E-state index contributed by atoms with van der Waals surface area (Å²) in [6.45, 7) is 0.545. The normalized spacial score (nSPS) is 18.9. The molecule has 0 aliphatic carbocycles. The summed E-state index contributed by atoms with van der Waals surface area (Å²) in [4.78, 5) is 25.0. The van der Waals surface area contributed by atoms with Crippen LogP contribution in [0, 0.1) is 0 Å². The third-order valence-corrected chi connectivity index (χ3v) is 4.57. The molecule has 0 saturated carbocycles. The SMILES string of the molecule is Nc1ccc(C(=O)N2CCSCC2CC(=O)O)cc1Cl. The molecule has 108 valence electrons. The second-order valence-electron chi connectivity index (χ2n) is 4.56. The van der Waals surface area contributed by atoms with Crippen LogP contribution in [0.25, 0.3) is 0 Å². The van der Waals surface area contributed by atoms with Crippen molar-refractivity contribution in [2.45, 2.75) is 12.5 Å². The first-order valence-electron chi connectivity index (χ1n) is 6.14. The summed E-state index contributed by atoms with van der Waals surface area (Å²) in [6, 6.07) is 4.44. The van der Waals surface area contributed by atoms with Gasteiger partial charge in [-0.15, -0.1) is 0 Å².